The molecule has 0 aromatic heterocycles. The Balaban J connectivity index is 2.96. The summed E-state index contributed by atoms with van der Waals surface area (Å²) in [7, 11) is 0. The Labute approximate surface area is 98.7 Å². The normalized spacial score (nSPS) is 11.2. The van der Waals surface area contributed by atoms with Gasteiger partial charge in [-0.2, -0.15) is 0 Å². The average molecular weight is 215 g/mol. The molecule has 0 fully saturated rings. The molecule has 1 N–H and O–H groups in total. The van der Waals surface area contributed by atoms with E-state index < -0.39 is 0 Å². The number of nitrogens with one attached hydrogen (secondary N) is 1. The lowest BCUT2D eigenvalue weighted by molar-refractivity contribution is 0.568. The fourth-order valence-corrected chi connectivity index (χ4v) is 1.51. The van der Waals surface area contributed by atoms with Crippen LogP contribution >= 0.6 is 0 Å². The molecule has 0 saturated heterocycles. The van der Waals surface area contributed by atoms with Gasteiger partial charge in [0.15, 0.2) is 0 Å². The zero-order valence-corrected chi connectivity index (χ0v) is 10.7. The molecular weight excluding hydrogens is 194 g/mol. The summed E-state index contributed by atoms with van der Waals surface area (Å²) in [5, 5.41) is 7.76. The molecule has 86 valence electrons. The molecule has 1 rings (SSSR count). The maximum absolute atomic E-state index is 7.76. The summed E-state index contributed by atoms with van der Waals surface area (Å²) >= 11 is 0. The molecular formula is C15H21N. The van der Waals surface area contributed by atoms with E-state index in [0.717, 1.165) is 17.6 Å². The lowest BCUT2D eigenvalue weighted by Gasteiger charge is -2.22. The predicted octanol–water partition coefficient (Wildman–Crippen LogP) is 4.52. The Morgan fingerprint density at radius 2 is 1.56 bits per heavy atom. The molecule has 1 aromatic rings. The van der Waals surface area contributed by atoms with E-state index in [4.69, 9.17) is 5.41 Å². The van der Waals surface area contributed by atoms with Crippen LogP contribution < -0.4 is 0 Å². The third-order valence-corrected chi connectivity index (χ3v) is 2.84. The second-order valence-corrected chi connectivity index (χ2v) is 5.14. The van der Waals surface area contributed by atoms with Crippen molar-refractivity contribution in [1.29, 1.82) is 5.41 Å². The summed E-state index contributed by atoms with van der Waals surface area (Å²) < 4.78 is 0. The molecule has 0 heterocycles. The van der Waals surface area contributed by atoms with Crippen LogP contribution in [0.25, 0.3) is 5.57 Å². The summed E-state index contributed by atoms with van der Waals surface area (Å²) in [6.07, 6.45) is 0.777. The highest BCUT2D eigenvalue weighted by atomic mass is 14.4. The first-order valence-electron chi connectivity index (χ1n) is 5.74. The fraction of sp³-hybridized carbons (Fsp3) is 0.400. The number of rotatable bonds is 3. The van der Waals surface area contributed by atoms with E-state index in [-0.39, 0.29) is 5.41 Å². The number of hydrogen-bond acceptors (Lipinski definition) is 1. The topological polar surface area (TPSA) is 23.9 Å². The van der Waals surface area contributed by atoms with Crippen molar-refractivity contribution in [3.63, 3.8) is 0 Å². The quantitative estimate of drug-likeness (QED) is 0.717. The Morgan fingerprint density at radius 3 is 1.94 bits per heavy atom. The van der Waals surface area contributed by atoms with Gasteiger partial charge < -0.3 is 5.41 Å². The van der Waals surface area contributed by atoms with E-state index in [1.165, 1.54) is 5.56 Å². The van der Waals surface area contributed by atoms with Crippen molar-refractivity contribution >= 4 is 11.3 Å². The second kappa shape index (κ2) is 4.65. The van der Waals surface area contributed by atoms with Crippen LogP contribution in [-0.2, 0) is 0 Å². The van der Waals surface area contributed by atoms with Crippen molar-refractivity contribution in [1.82, 2.24) is 0 Å². The molecule has 0 aliphatic heterocycles. The van der Waals surface area contributed by atoms with Crippen LogP contribution in [0.3, 0.4) is 0 Å². The first-order valence-corrected chi connectivity index (χ1v) is 5.74. The van der Waals surface area contributed by atoms with E-state index in [2.05, 4.69) is 39.5 Å². The molecule has 0 aliphatic carbocycles. The number of hydrogen-bond donors (Lipinski definition) is 1. The molecule has 0 bridgehead atoms. The summed E-state index contributed by atoms with van der Waals surface area (Å²) in [5.41, 5.74) is 4.10. The number of benzene rings is 1. The molecule has 0 unspecified atom stereocenters. The maximum atomic E-state index is 7.76. The third-order valence-electron chi connectivity index (χ3n) is 2.84. The number of allylic oxidation sites excluding steroid dienone is 1. The molecule has 16 heavy (non-hydrogen) atoms. The van der Waals surface area contributed by atoms with Gasteiger partial charge in [-0.3, -0.25) is 0 Å². The van der Waals surface area contributed by atoms with Crippen LogP contribution in [0.15, 0.2) is 30.8 Å². The zero-order valence-electron chi connectivity index (χ0n) is 10.7. The molecule has 0 atom stereocenters. The summed E-state index contributed by atoms with van der Waals surface area (Å²) in [6, 6.07) is 8.15. The van der Waals surface area contributed by atoms with E-state index in [1.54, 1.807) is 0 Å². The van der Waals surface area contributed by atoms with Crippen molar-refractivity contribution in [3.05, 3.63) is 42.0 Å². The summed E-state index contributed by atoms with van der Waals surface area (Å²) in [6.45, 7) is 12.6. The van der Waals surface area contributed by atoms with Crippen LogP contribution in [0.5, 0.6) is 0 Å². The van der Waals surface area contributed by atoms with E-state index in [1.807, 2.05) is 19.1 Å². The van der Waals surface area contributed by atoms with Crippen LogP contribution in [0.2, 0.25) is 0 Å². The molecule has 0 saturated carbocycles. The lowest BCUT2D eigenvalue weighted by Crippen LogP contribution is -2.07. The molecule has 0 aliphatic rings. The Hall–Kier alpha value is -1.37. The van der Waals surface area contributed by atoms with Crippen molar-refractivity contribution in [2.24, 2.45) is 5.41 Å². The van der Waals surface area contributed by atoms with Crippen LogP contribution in [0, 0.1) is 10.8 Å². The van der Waals surface area contributed by atoms with Gasteiger partial charge in [0.1, 0.15) is 0 Å². The molecule has 1 aromatic carbocycles. The highest BCUT2D eigenvalue weighted by Gasteiger charge is 2.16. The van der Waals surface area contributed by atoms with Gasteiger partial charge in [-0.1, -0.05) is 58.5 Å². The third kappa shape index (κ3) is 2.82. The van der Waals surface area contributed by atoms with E-state index in [9.17, 15) is 0 Å². The van der Waals surface area contributed by atoms with Gasteiger partial charge in [0.2, 0.25) is 0 Å². The fourth-order valence-electron chi connectivity index (χ4n) is 1.51. The summed E-state index contributed by atoms with van der Waals surface area (Å²) in [4.78, 5) is 0. The van der Waals surface area contributed by atoms with Crippen molar-refractivity contribution in [3.8, 4) is 0 Å². The SMILES string of the molecule is C=C(c1ccc(C(=N)CC)cc1)C(C)(C)C. The average Bonchev–Trinajstić information content (AvgIpc) is 2.26. The van der Waals surface area contributed by atoms with Crippen molar-refractivity contribution in [2.75, 3.05) is 0 Å². The van der Waals surface area contributed by atoms with Gasteiger partial charge in [-0.05, 0) is 28.5 Å². The minimum Gasteiger partial charge on any atom is -0.305 e. The van der Waals surface area contributed by atoms with Gasteiger partial charge in [-0.25, -0.2) is 0 Å². The van der Waals surface area contributed by atoms with Crippen LogP contribution in [0.4, 0.5) is 0 Å². The Bertz CT molecular complexity index is 390. The van der Waals surface area contributed by atoms with Crippen LogP contribution in [0.1, 0.15) is 45.2 Å². The molecule has 0 radical (unpaired) electrons. The van der Waals surface area contributed by atoms with E-state index in [0.29, 0.717) is 5.71 Å². The zero-order chi connectivity index (χ0) is 12.3. The first kappa shape index (κ1) is 12.7. The second-order valence-electron chi connectivity index (χ2n) is 5.14. The molecule has 1 heteroatoms. The van der Waals surface area contributed by atoms with Gasteiger partial charge in [0.25, 0.3) is 0 Å². The van der Waals surface area contributed by atoms with Gasteiger partial charge in [-0.15, -0.1) is 0 Å². The predicted molar refractivity (Wildman–Crippen MR) is 72.1 cm³/mol. The van der Waals surface area contributed by atoms with Crippen molar-refractivity contribution < 1.29 is 0 Å². The van der Waals surface area contributed by atoms with Crippen LogP contribution in [-0.4, -0.2) is 5.71 Å². The minimum atomic E-state index is 0.0970. The highest BCUT2D eigenvalue weighted by Crippen LogP contribution is 2.32. The smallest absolute Gasteiger partial charge is 0.0383 e. The Kier molecular flexibility index (Phi) is 3.69. The molecule has 1 nitrogen and oxygen atoms in total. The summed E-state index contributed by atoms with van der Waals surface area (Å²) in [5.74, 6) is 0. The van der Waals surface area contributed by atoms with Gasteiger partial charge >= 0.3 is 0 Å². The Morgan fingerprint density at radius 1 is 1.12 bits per heavy atom. The maximum Gasteiger partial charge on any atom is 0.0383 e. The minimum absolute atomic E-state index is 0.0970. The standard InChI is InChI=1S/C15H21N/c1-6-14(16)13-9-7-12(8-10-13)11(2)15(3,4)5/h7-10,16H,2,6H2,1,3-5H3. The largest absolute Gasteiger partial charge is 0.305 e. The van der Waals surface area contributed by atoms with Crippen molar-refractivity contribution in [2.45, 2.75) is 34.1 Å². The lowest BCUT2D eigenvalue weighted by atomic mass is 9.83. The molecule has 0 spiro atoms. The van der Waals surface area contributed by atoms with E-state index >= 15 is 0 Å². The van der Waals surface area contributed by atoms with Gasteiger partial charge in [0.05, 0.1) is 0 Å². The monoisotopic (exact) mass is 215 g/mol. The highest BCUT2D eigenvalue weighted by molar-refractivity contribution is 5.98. The molecule has 0 amide bonds. The first-order chi connectivity index (χ1) is 7.36. The van der Waals surface area contributed by atoms with Gasteiger partial charge in [0, 0.05) is 5.71 Å².